The van der Waals surface area contributed by atoms with E-state index in [0.717, 1.165) is 25.0 Å². The van der Waals surface area contributed by atoms with Crippen LogP contribution in [0.4, 0.5) is 0 Å². The third-order valence-corrected chi connectivity index (χ3v) is 4.37. The van der Waals surface area contributed by atoms with Gasteiger partial charge in [-0.25, -0.2) is 9.59 Å². The van der Waals surface area contributed by atoms with Gasteiger partial charge in [-0.2, -0.15) is 0 Å². The molecule has 6 heteroatoms. The average Bonchev–Trinajstić information content (AvgIpc) is 2.67. The van der Waals surface area contributed by atoms with Gasteiger partial charge < -0.3 is 14.2 Å². The second-order valence-corrected chi connectivity index (χ2v) is 6.69. The molecule has 5 nitrogen and oxygen atoms in total. The quantitative estimate of drug-likeness (QED) is 0.299. The Morgan fingerprint density at radius 3 is 2.26 bits per heavy atom. The Bertz CT molecular complexity index is 771. The second-order valence-electron chi connectivity index (χ2n) is 5.84. The summed E-state index contributed by atoms with van der Waals surface area (Å²) in [6.07, 6.45) is 3.29. The predicted molar refractivity (Wildman–Crippen MR) is 107 cm³/mol. The van der Waals surface area contributed by atoms with Crippen molar-refractivity contribution in [2.24, 2.45) is 0 Å². The summed E-state index contributed by atoms with van der Waals surface area (Å²) in [5.41, 5.74) is 0.797. The fraction of sp³-hybridized carbons (Fsp3) is 0.333. The molecule has 144 valence electrons. The van der Waals surface area contributed by atoms with Gasteiger partial charge in [-0.3, -0.25) is 0 Å². The number of halogens is 1. The first-order valence-electron chi connectivity index (χ1n) is 8.96. The zero-order chi connectivity index (χ0) is 19.6. The first kappa shape index (κ1) is 21.0. The summed E-state index contributed by atoms with van der Waals surface area (Å²) in [6, 6.07) is 11.5. The van der Waals surface area contributed by atoms with Crippen LogP contribution in [0.3, 0.4) is 0 Å². The van der Waals surface area contributed by atoms with E-state index in [2.05, 4.69) is 22.9 Å². The lowest BCUT2D eigenvalue weighted by molar-refractivity contribution is 0.0526. The van der Waals surface area contributed by atoms with Crippen LogP contribution in [0.1, 0.15) is 53.8 Å². The zero-order valence-corrected chi connectivity index (χ0v) is 17.1. The summed E-state index contributed by atoms with van der Waals surface area (Å²) >= 11 is 3.32. The molecule has 0 atom stereocenters. The molecular weight excluding hydrogens is 412 g/mol. The van der Waals surface area contributed by atoms with Crippen LogP contribution in [-0.2, 0) is 4.74 Å². The van der Waals surface area contributed by atoms with Crippen molar-refractivity contribution in [1.82, 2.24) is 0 Å². The molecule has 0 saturated heterocycles. The molecule has 0 amide bonds. The van der Waals surface area contributed by atoms with Crippen molar-refractivity contribution in [3.8, 4) is 11.5 Å². The van der Waals surface area contributed by atoms with Crippen LogP contribution >= 0.6 is 15.9 Å². The van der Waals surface area contributed by atoms with E-state index in [4.69, 9.17) is 14.2 Å². The van der Waals surface area contributed by atoms with Crippen LogP contribution in [0.5, 0.6) is 11.5 Å². The minimum absolute atomic E-state index is 0.297. The Kier molecular flexibility index (Phi) is 8.33. The van der Waals surface area contributed by atoms with Gasteiger partial charge in [0.25, 0.3) is 0 Å². The summed E-state index contributed by atoms with van der Waals surface area (Å²) in [6.45, 7) is 4.84. The summed E-state index contributed by atoms with van der Waals surface area (Å²) in [5, 5.41) is 0. The first-order chi connectivity index (χ1) is 13.0. The van der Waals surface area contributed by atoms with Crippen molar-refractivity contribution in [3.05, 3.63) is 58.1 Å². The SMILES string of the molecule is CCCCCOc1ccc(C(=O)Oc2ccc(C(=O)OCC)cc2Br)cc1. The normalized spacial score (nSPS) is 10.3. The van der Waals surface area contributed by atoms with Crippen molar-refractivity contribution < 1.29 is 23.8 Å². The van der Waals surface area contributed by atoms with E-state index in [1.165, 1.54) is 0 Å². The maximum Gasteiger partial charge on any atom is 0.343 e. The average molecular weight is 435 g/mol. The molecule has 0 spiro atoms. The molecule has 27 heavy (non-hydrogen) atoms. The van der Waals surface area contributed by atoms with E-state index in [0.29, 0.717) is 34.6 Å². The molecule has 2 aromatic carbocycles. The molecule has 0 bridgehead atoms. The number of rotatable bonds is 9. The molecule has 0 aromatic heterocycles. The maximum atomic E-state index is 12.3. The van der Waals surface area contributed by atoms with E-state index >= 15 is 0 Å². The Hall–Kier alpha value is -2.34. The van der Waals surface area contributed by atoms with Gasteiger partial charge in [-0.15, -0.1) is 0 Å². The molecule has 0 aliphatic carbocycles. The third-order valence-electron chi connectivity index (χ3n) is 3.75. The monoisotopic (exact) mass is 434 g/mol. The fourth-order valence-electron chi connectivity index (χ4n) is 2.31. The molecule has 0 fully saturated rings. The van der Waals surface area contributed by atoms with E-state index < -0.39 is 11.9 Å². The van der Waals surface area contributed by atoms with Crippen LogP contribution in [0.2, 0.25) is 0 Å². The van der Waals surface area contributed by atoms with Gasteiger partial charge in [0, 0.05) is 0 Å². The Morgan fingerprint density at radius 1 is 0.926 bits per heavy atom. The largest absolute Gasteiger partial charge is 0.494 e. The Labute approximate surface area is 167 Å². The van der Waals surface area contributed by atoms with E-state index in [9.17, 15) is 9.59 Å². The number of ether oxygens (including phenoxy) is 3. The van der Waals surface area contributed by atoms with Gasteiger partial charge in [0.2, 0.25) is 0 Å². The highest BCUT2D eigenvalue weighted by Gasteiger charge is 2.14. The number of hydrogen-bond acceptors (Lipinski definition) is 5. The van der Waals surface area contributed by atoms with E-state index in [-0.39, 0.29) is 0 Å². The highest BCUT2D eigenvalue weighted by Crippen LogP contribution is 2.27. The number of carbonyl (C=O) groups excluding carboxylic acids is 2. The third kappa shape index (κ3) is 6.40. The smallest absolute Gasteiger partial charge is 0.343 e. The minimum atomic E-state index is -0.489. The van der Waals surface area contributed by atoms with E-state index in [1.807, 2.05) is 0 Å². The van der Waals surface area contributed by atoms with Crippen molar-refractivity contribution in [2.75, 3.05) is 13.2 Å². The molecular formula is C21H23BrO5. The lowest BCUT2D eigenvalue weighted by Crippen LogP contribution is -2.10. The second kappa shape index (κ2) is 10.7. The lowest BCUT2D eigenvalue weighted by Gasteiger charge is -2.09. The molecule has 0 aliphatic rings. The van der Waals surface area contributed by atoms with Gasteiger partial charge in [-0.05, 0) is 71.7 Å². The molecule has 0 unspecified atom stereocenters. The Balaban J connectivity index is 1.97. The summed E-state index contributed by atoms with van der Waals surface area (Å²) in [4.78, 5) is 24.1. The van der Waals surface area contributed by atoms with Gasteiger partial charge >= 0.3 is 11.9 Å². The predicted octanol–water partition coefficient (Wildman–Crippen LogP) is 5.41. The number of carbonyl (C=O) groups is 2. The summed E-state index contributed by atoms with van der Waals surface area (Å²) in [7, 11) is 0. The standard InChI is InChI=1S/C21H23BrO5/c1-3-5-6-13-26-17-10-7-15(8-11-17)21(24)27-19-12-9-16(14-18(19)22)20(23)25-4-2/h7-12,14H,3-6,13H2,1-2H3. The van der Waals surface area contributed by atoms with Crippen LogP contribution in [0.25, 0.3) is 0 Å². The summed E-state index contributed by atoms with van der Waals surface area (Å²) in [5.74, 6) is 0.137. The van der Waals surface area contributed by atoms with Crippen molar-refractivity contribution in [1.29, 1.82) is 0 Å². The zero-order valence-electron chi connectivity index (χ0n) is 15.5. The van der Waals surface area contributed by atoms with Gasteiger partial charge in [0.05, 0.1) is 28.8 Å². The summed E-state index contributed by atoms with van der Waals surface area (Å²) < 4.78 is 16.5. The molecule has 2 rings (SSSR count). The van der Waals surface area contributed by atoms with Crippen LogP contribution in [0, 0.1) is 0 Å². The van der Waals surface area contributed by atoms with Crippen molar-refractivity contribution >= 4 is 27.9 Å². The molecule has 0 aliphatic heterocycles. The number of unbranched alkanes of at least 4 members (excludes halogenated alkanes) is 2. The van der Waals surface area contributed by atoms with Crippen molar-refractivity contribution in [3.63, 3.8) is 0 Å². The topological polar surface area (TPSA) is 61.8 Å². The maximum absolute atomic E-state index is 12.3. The Morgan fingerprint density at radius 2 is 1.63 bits per heavy atom. The molecule has 0 heterocycles. The highest BCUT2D eigenvalue weighted by molar-refractivity contribution is 9.10. The number of benzene rings is 2. The highest BCUT2D eigenvalue weighted by atomic mass is 79.9. The lowest BCUT2D eigenvalue weighted by atomic mass is 10.2. The van der Waals surface area contributed by atoms with Crippen LogP contribution in [0.15, 0.2) is 46.9 Å². The van der Waals surface area contributed by atoms with Gasteiger partial charge in [0.1, 0.15) is 11.5 Å². The molecule has 0 saturated carbocycles. The van der Waals surface area contributed by atoms with Crippen molar-refractivity contribution in [2.45, 2.75) is 33.1 Å². The molecule has 0 radical (unpaired) electrons. The molecule has 2 aromatic rings. The fourth-order valence-corrected chi connectivity index (χ4v) is 2.77. The van der Waals surface area contributed by atoms with Gasteiger partial charge in [0.15, 0.2) is 0 Å². The first-order valence-corrected chi connectivity index (χ1v) is 9.76. The molecule has 0 N–H and O–H groups in total. The van der Waals surface area contributed by atoms with E-state index in [1.54, 1.807) is 49.4 Å². The van der Waals surface area contributed by atoms with Crippen LogP contribution in [-0.4, -0.2) is 25.2 Å². The number of hydrogen-bond donors (Lipinski definition) is 0. The van der Waals surface area contributed by atoms with Gasteiger partial charge in [-0.1, -0.05) is 19.8 Å². The minimum Gasteiger partial charge on any atom is -0.494 e. The van der Waals surface area contributed by atoms with Crippen LogP contribution < -0.4 is 9.47 Å². The number of esters is 2.